The summed E-state index contributed by atoms with van der Waals surface area (Å²) >= 11 is 0. The predicted molar refractivity (Wildman–Crippen MR) is 81.9 cm³/mol. The van der Waals surface area contributed by atoms with Gasteiger partial charge in [-0.1, -0.05) is 30.7 Å². The van der Waals surface area contributed by atoms with Gasteiger partial charge in [0.05, 0.1) is 12.2 Å². The monoisotopic (exact) mass is 269 g/mol. The van der Waals surface area contributed by atoms with Gasteiger partial charge in [-0.05, 0) is 43.9 Å². The molecule has 2 aromatic rings. The quantitative estimate of drug-likeness (QED) is 0.923. The maximum Gasteiger partial charge on any atom is 0.0610 e. The summed E-state index contributed by atoms with van der Waals surface area (Å²) in [4.78, 5) is 0. The van der Waals surface area contributed by atoms with E-state index in [1.54, 1.807) is 0 Å². The van der Waals surface area contributed by atoms with Crippen LogP contribution in [0.4, 0.5) is 0 Å². The number of hydrogen-bond donors (Lipinski definition) is 1. The van der Waals surface area contributed by atoms with Crippen molar-refractivity contribution in [1.29, 1.82) is 0 Å². The molecule has 1 fully saturated rings. The second-order valence-corrected chi connectivity index (χ2v) is 5.79. The molecule has 1 aliphatic carbocycles. The smallest absolute Gasteiger partial charge is 0.0610 e. The third-order valence-electron chi connectivity index (χ3n) is 4.72. The number of rotatable bonds is 4. The van der Waals surface area contributed by atoms with Gasteiger partial charge < -0.3 is 5.32 Å². The van der Waals surface area contributed by atoms with Crippen molar-refractivity contribution in [2.75, 3.05) is 7.05 Å². The fourth-order valence-electron chi connectivity index (χ4n) is 3.14. The number of nitrogens with one attached hydrogen (secondary N) is 1. The number of aromatic nitrogens is 2. The maximum atomic E-state index is 4.40. The highest BCUT2D eigenvalue weighted by atomic mass is 15.3. The fourth-order valence-corrected chi connectivity index (χ4v) is 3.14. The van der Waals surface area contributed by atoms with E-state index in [9.17, 15) is 0 Å². The molecule has 1 N–H and O–H groups in total. The van der Waals surface area contributed by atoms with Crippen molar-refractivity contribution in [3.8, 4) is 0 Å². The highest BCUT2D eigenvalue weighted by Crippen LogP contribution is 2.40. The van der Waals surface area contributed by atoms with Crippen LogP contribution in [0, 0.1) is 6.92 Å². The Morgan fingerprint density at radius 2 is 2.00 bits per heavy atom. The molecule has 0 radical (unpaired) electrons. The van der Waals surface area contributed by atoms with E-state index in [0.29, 0.717) is 0 Å². The molecule has 3 nitrogen and oxygen atoms in total. The summed E-state index contributed by atoms with van der Waals surface area (Å²) in [5.74, 6) is 0.749. The Balaban J connectivity index is 2.03. The average Bonchev–Trinajstić information content (AvgIpc) is 2.72. The molecular formula is C17H23N3. The van der Waals surface area contributed by atoms with Gasteiger partial charge in [-0.15, -0.1) is 0 Å². The summed E-state index contributed by atoms with van der Waals surface area (Å²) in [7, 11) is 4.04. The zero-order valence-electron chi connectivity index (χ0n) is 12.6. The van der Waals surface area contributed by atoms with Crippen molar-refractivity contribution in [3.63, 3.8) is 0 Å². The molecule has 106 valence electrons. The first kappa shape index (κ1) is 13.4. The van der Waals surface area contributed by atoms with Gasteiger partial charge in [0, 0.05) is 18.3 Å². The molecule has 1 aliphatic rings. The lowest BCUT2D eigenvalue weighted by atomic mass is 9.76. The van der Waals surface area contributed by atoms with E-state index in [2.05, 4.69) is 41.6 Å². The summed E-state index contributed by atoms with van der Waals surface area (Å²) in [5.41, 5.74) is 5.44. The predicted octanol–water partition coefficient (Wildman–Crippen LogP) is 3.30. The largest absolute Gasteiger partial charge is 0.309 e. The van der Waals surface area contributed by atoms with E-state index in [0.717, 1.165) is 5.92 Å². The van der Waals surface area contributed by atoms with Crippen LogP contribution in [0.5, 0.6) is 0 Å². The number of benzene rings is 1. The normalized spacial score (nSPS) is 16.9. The summed E-state index contributed by atoms with van der Waals surface area (Å²) in [6.07, 6.45) is 6.03. The van der Waals surface area contributed by atoms with Gasteiger partial charge >= 0.3 is 0 Å². The van der Waals surface area contributed by atoms with Gasteiger partial charge in [-0.3, -0.25) is 4.68 Å². The van der Waals surface area contributed by atoms with Gasteiger partial charge in [0.25, 0.3) is 0 Å². The van der Waals surface area contributed by atoms with Crippen LogP contribution in [-0.2, 0) is 7.05 Å². The van der Waals surface area contributed by atoms with Crippen molar-refractivity contribution >= 4 is 0 Å². The van der Waals surface area contributed by atoms with Gasteiger partial charge in [0.2, 0.25) is 0 Å². The summed E-state index contributed by atoms with van der Waals surface area (Å²) in [5, 5.41) is 7.87. The molecule has 1 saturated carbocycles. The minimum absolute atomic E-state index is 0.237. The van der Waals surface area contributed by atoms with E-state index < -0.39 is 0 Å². The van der Waals surface area contributed by atoms with Crippen LogP contribution in [0.15, 0.2) is 30.5 Å². The van der Waals surface area contributed by atoms with Crippen LogP contribution >= 0.6 is 0 Å². The number of aryl methyl sites for hydroxylation is 1. The van der Waals surface area contributed by atoms with Crippen molar-refractivity contribution < 1.29 is 0 Å². The van der Waals surface area contributed by atoms with Crippen molar-refractivity contribution in [1.82, 2.24) is 15.1 Å². The molecule has 0 bridgehead atoms. The van der Waals surface area contributed by atoms with Gasteiger partial charge in [0.15, 0.2) is 0 Å². The summed E-state index contributed by atoms with van der Waals surface area (Å²) in [6.45, 7) is 2.14. The molecular weight excluding hydrogens is 246 g/mol. The molecule has 1 atom stereocenters. The van der Waals surface area contributed by atoms with Crippen LogP contribution in [0.1, 0.15) is 53.6 Å². The molecule has 1 aromatic carbocycles. The Morgan fingerprint density at radius 3 is 2.55 bits per heavy atom. The topological polar surface area (TPSA) is 29.9 Å². The van der Waals surface area contributed by atoms with Crippen LogP contribution in [0.3, 0.4) is 0 Å². The van der Waals surface area contributed by atoms with Gasteiger partial charge in [0.1, 0.15) is 0 Å². The lowest BCUT2D eigenvalue weighted by molar-refractivity contribution is 0.415. The van der Waals surface area contributed by atoms with Crippen LogP contribution in [0.2, 0.25) is 0 Å². The third kappa shape index (κ3) is 2.16. The van der Waals surface area contributed by atoms with E-state index in [1.807, 2.05) is 25.0 Å². The fraction of sp³-hybridized carbons (Fsp3) is 0.471. The average molecular weight is 269 g/mol. The minimum Gasteiger partial charge on any atom is -0.309 e. The molecule has 3 heteroatoms. The lowest BCUT2D eigenvalue weighted by Crippen LogP contribution is -2.22. The highest BCUT2D eigenvalue weighted by molar-refractivity contribution is 5.40. The highest BCUT2D eigenvalue weighted by Gasteiger charge is 2.26. The number of nitrogens with zero attached hydrogens (tertiary/aromatic N) is 2. The molecule has 0 saturated heterocycles. The standard InChI is InChI=1S/C17H23N3/c1-12-16(11-19-20(12)3)17(18-2)15-10-5-4-9-14(15)13-7-6-8-13/h4-5,9-11,13,17-18H,6-8H2,1-3H3. The zero-order valence-corrected chi connectivity index (χ0v) is 12.6. The first-order chi connectivity index (χ1) is 9.72. The minimum atomic E-state index is 0.237. The van der Waals surface area contributed by atoms with Crippen molar-refractivity contribution in [2.45, 2.75) is 38.1 Å². The summed E-state index contributed by atoms with van der Waals surface area (Å²) in [6, 6.07) is 9.12. The Labute approximate surface area is 121 Å². The zero-order chi connectivity index (χ0) is 14.1. The molecule has 3 rings (SSSR count). The Hall–Kier alpha value is -1.61. The third-order valence-corrected chi connectivity index (χ3v) is 4.72. The van der Waals surface area contributed by atoms with Crippen molar-refractivity contribution in [2.24, 2.45) is 7.05 Å². The van der Waals surface area contributed by atoms with E-state index >= 15 is 0 Å². The first-order valence-electron chi connectivity index (χ1n) is 7.47. The van der Waals surface area contributed by atoms with E-state index in [4.69, 9.17) is 0 Å². The molecule has 1 unspecified atom stereocenters. The van der Waals surface area contributed by atoms with Crippen LogP contribution < -0.4 is 5.32 Å². The Bertz CT molecular complexity index is 596. The molecule has 1 aromatic heterocycles. The van der Waals surface area contributed by atoms with E-state index in [-0.39, 0.29) is 6.04 Å². The molecule has 1 heterocycles. The molecule has 20 heavy (non-hydrogen) atoms. The van der Waals surface area contributed by atoms with Crippen molar-refractivity contribution in [3.05, 3.63) is 52.8 Å². The van der Waals surface area contributed by atoms with E-state index in [1.165, 1.54) is 41.6 Å². The van der Waals surface area contributed by atoms with Crippen LogP contribution in [0.25, 0.3) is 0 Å². The molecule has 0 amide bonds. The Morgan fingerprint density at radius 1 is 1.25 bits per heavy atom. The first-order valence-corrected chi connectivity index (χ1v) is 7.47. The van der Waals surface area contributed by atoms with Gasteiger partial charge in [-0.25, -0.2) is 0 Å². The maximum absolute atomic E-state index is 4.40. The lowest BCUT2D eigenvalue weighted by Gasteiger charge is -2.30. The Kier molecular flexibility index (Phi) is 3.62. The second-order valence-electron chi connectivity index (χ2n) is 5.79. The SMILES string of the molecule is CNC(c1ccccc1C1CCC1)c1cnn(C)c1C. The number of hydrogen-bond acceptors (Lipinski definition) is 2. The molecule has 0 spiro atoms. The van der Waals surface area contributed by atoms with Gasteiger partial charge in [-0.2, -0.15) is 5.10 Å². The second kappa shape index (κ2) is 5.41. The molecule has 0 aliphatic heterocycles. The van der Waals surface area contributed by atoms with Crippen LogP contribution in [-0.4, -0.2) is 16.8 Å². The summed E-state index contributed by atoms with van der Waals surface area (Å²) < 4.78 is 1.95.